The number of hydrogen-bond acceptors (Lipinski definition) is 5. The van der Waals surface area contributed by atoms with Crippen LogP contribution in [0, 0.1) is 0 Å². The van der Waals surface area contributed by atoms with E-state index in [1.807, 2.05) is 0 Å². The molecule has 2 N–H and O–H groups in total. The van der Waals surface area contributed by atoms with Crippen LogP contribution in [0.25, 0.3) is 0 Å². The molecule has 160 valence electrons. The predicted molar refractivity (Wildman–Crippen MR) is 99.4 cm³/mol. The lowest BCUT2D eigenvalue weighted by molar-refractivity contribution is -0.167. The second-order valence-corrected chi connectivity index (χ2v) is 6.41. The van der Waals surface area contributed by atoms with Gasteiger partial charge >= 0.3 is 12.1 Å². The van der Waals surface area contributed by atoms with Gasteiger partial charge in [0, 0.05) is 31.3 Å². The number of nitrogens with zero attached hydrogens (tertiary/aromatic N) is 2. The third-order valence-electron chi connectivity index (χ3n) is 3.88. The third-order valence-corrected chi connectivity index (χ3v) is 3.88. The van der Waals surface area contributed by atoms with E-state index < -0.39 is 36.1 Å². The number of nitrogens with one attached hydrogen (secondary N) is 2. The molecule has 2 heterocycles. The van der Waals surface area contributed by atoms with Gasteiger partial charge in [-0.15, -0.1) is 0 Å². The summed E-state index contributed by atoms with van der Waals surface area (Å²) in [6, 6.07) is 4.13. The molecule has 11 heteroatoms. The van der Waals surface area contributed by atoms with E-state index in [-0.39, 0.29) is 29.4 Å². The van der Waals surface area contributed by atoms with Gasteiger partial charge < -0.3 is 10.6 Å². The fourth-order valence-electron chi connectivity index (χ4n) is 2.63. The third kappa shape index (κ3) is 6.33. The summed E-state index contributed by atoms with van der Waals surface area (Å²) in [6.07, 6.45) is -4.94. The van der Waals surface area contributed by atoms with Gasteiger partial charge in [-0.1, -0.05) is 0 Å². The maximum atomic E-state index is 13.9. The molecule has 0 saturated carbocycles. The van der Waals surface area contributed by atoms with Gasteiger partial charge in [0.1, 0.15) is 17.8 Å². The number of carbonyl (C=O) groups excluding carboxylic acids is 3. The van der Waals surface area contributed by atoms with Crippen molar-refractivity contribution in [2.45, 2.75) is 39.0 Å². The topological polar surface area (TPSA) is 101 Å². The van der Waals surface area contributed by atoms with E-state index in [4.69, 9.17) is 0 Å². The monoisotopic (exact) mass is 426 g/mol. The van der Waals surface area contributed by atoms with Crippen molar-refractivity contribution >= 4 is 29.1 Å². The Kier molecular flexibility index (Phi) is 7.19. The van der Waals surface area contributed by atoms with Crippen LogP contribution in [0.4, 0.5) is 29.1 Å². The van der Waals surface area contributed by atoms with Gasteiger partial charge in [0.2, 0.25) is 5.91 Å². The van der Waals surface area contributed by atoms with Crippen LogP contribution in [0.5, 0.6) is 0 Å². The van der Waals surface area contributed by atoms with Gasteiger partial charge in [0.25, 0.3) is 0 Å². The minimum absolute atomic E-state index is 0.140. The first kappa shape index (κ1) is 22.9. The maximum absolute atomic E-state index is 13.9. The molecular formula is C19H18F4N4O3. The molecule has 0 aliphatic carbocycles. The van der Waals surface area contributed by atoms with Gasteiger partial charge in [-0.05, 0) is 30.7 Å². The molecule has 0 aliphatic heterocycles. The van der Waals surface area contributed by atoms with E-state index in [0.29, 0.717) is 5.56 Å². The Hall–Kier alpha value is -3.37. The van der Waals surface area contributed by atoms with Gasteiger partial charge in [-0.25, -0.2) is 9.37 Å². The van der Waals surface area contributed by atoms with Crippen molar-refractivity contribution in [1.82, 2.24) is 9.97 Å². The van der Waals surface area contributed by atoms with Crippen LogP contribution in [0.15, 0.2) is 30.6 Å². The molecule has 7 nitrogen and oxygen atoms in total. The van der Waals surface area contributed by atoms with E-state index in [2.05, 4.69) is 15.3 Å². The molecule has 0 aliphatic rings. The molecule has 0 saturated heterocycles. The highest BCUT2D eigenvalue weighted by Gasteiger charge is 2.39. The number of carbonyl (C=O) groups is 3. The highest BCUT2D eigenvalue weighted by molar-refractivity contribution is 5.97. The van der Waals surface area contributed by atoms with Crippen molar-refractivity contribution in [3.05, 3.63) is 47.4 Å². The SMILES string of the molecule is CC(=O)Nc1cc(CC(=O)Cc2nccc(C(C)F)c2NC(=O)C(F)(F)F)ccn1. The summed E-state index contributed by atoms with van der Waals surface area (Å²) in [5, 5.41) is 4.09. The average Bonchev–Trinajstić information content (AvgIpc) is 2.61. The largest absolute Gasteiger partial charge is 0.471 e. The zero-order valence-corrected chi connectivity index (χ0v) is 16.0. The summed E-state index contributed by atoms with van der Waals surface area (Å²) in [6.45, 7) is 2.38. The minimum Gasteiger partial charge on any atom is -0.316 e. The van der Waals surface area contributed by atoms with Crippen LogP contribution in [0.1, 0.15) is 36.8 Å². The summed E-state index contributed by atoms with van der Waals surface area (Å²) in [5.41, 5.74) is -0.385. The second-order valence-electron chi connectivity index (χ2n) is 6.41. The number of Topliss-reactive ketones (excluding diaryl/α,β-unsaturated/α-hetero) is 1. The smallest absolute Gasteiger partial charge is 0.316 e. The fourth-order valence-corrected chi connectivity index (χ4v) is 2.63. The number of rotatable bonds is 7. The molecule has 2 aromatic rings. The van der Waals surface area contributed by atoms with Crippen molar-refractivity contribution in [1.29, 1.82) is 0 Å². The molecule has 0 spiro atoms. The van der Waals surface area contributed by atoms with Crippen molar-refractivity contribution in [3.8, 4) is 0 Å². The predicted octanol–water partition coefficient (Wildman–Crippen LogP) is 3.32. The average molecular weight is 426 g/mol. The molecule has 0 bridgehead atoms. The molecule has 1 atom stereocenters. The molecule has 0 fully saturated rings. The number of ketones is 1. The van der Waals surface area contributed by atoms with Crippen LogP contribution >= 0.6 is 0 Å². The molecular weight excluding hydrogens is 408 g/mol. The van der Waals surface area contributed by atoms with Gasteiger partial charge in [-0.2, -0.15) is 13.2 Å². The highest BCUT2D eigenvalue weighted by Crippen LogP contribution is 2.30. The maximum Gasteiger partial charge on any atom is 0.471 e. The summed E-state index contributed by atoms with van der Waals surface area (Å²) in [4.78, 5) is 42.7. The lowest BCUT2D eigenvalue weighted by Crippen LogP contribution is -2.31. The van der Waals surface area contributed by atoms with Crippen molar-refractivity contribution < 1.29 is 31.9 Å². The zero-order chi connectivity index (χ0) is 22.5. The Labute approximate surface area is 168 Å². The Morgan fingerprint density at radius 1 is 1.07 bits per heavy atom. The second kappa shape index (κ2) is 9.42. The summed E-state index contributed by atoms with van der Waals surface area (Å²) >= 11 is 0. The molecule has 0 aromatic carbocycles. The molecule has 1 unspecified atom stereocenters. The Morgan fingerprint density at radius 2 is 1.73 bits per heavy atom. The van der Waals surface area contributed by atoms with Crippen molar-refractivity contribution in [2.75, 3.05) is 10.6 Å². The quantitative estimate of drug-likeness (QED) is 0.662. The Morgan fingerprint density at radius 3 is 2.33 bits per heavy atom. The van der Waals surface area contributed by atoms with Crippen molar-refractivity contribution in [3.63, 3.8) is 0 Å². The molecule has 2 rings (SSSR count). The van der Waals surface area contributed by atoms with Gasteiger partial charge in [0.15, 0.2) is 0 Å². The molecule has 0 radical (unpaired) electrons. The van der Waals surface area contributed by atoms with Crippen LogP contribution in [-0.4, -0.2) is 33.7 Å². The number of hydrogen-bond donors (Lipinski definition) is 2. The first-order valence-electron chi connectivity index (χ1n) is 8.71. The summed E-state index contributed by atoms with van der Waals surface area (Å²) < 4.78 is 51.8. The van der Waals surface area contributed by atoms with Crippen LogP contribution in [-0.2, 0) is 27.2 Å². The number of alkyl halides is 4. The normalized spacial score (nSPS) is 12.2. The standard InChI is InChI=1S/C19H18F4N4O3/c1-10(20)14-4-6-24-15(17(14)27-18(30)19(21,22)23)9-13(29)7-12-3-5-25-16(8-12)26-11(2)28/h3-6,8,10H,7,9H2,1-2H3,(H,27,30)(H,25,26,28). The lowest BCUT2D eigenvalue weighted by Gasteiger charge is -2.16. The van der Waals surface area contributed by atoms with E-state index in [0.717, 1.165) is 19.2 Å². The summed E-state index contributed by atoms with van der Waals surface area (Å²) in [5.74, 6) is -2.86. The first-order valence-corrected chi connectivity index (χ1v) is 8.71. The number of halogens is 4. The van der Waals surface area contributed by atoms with Crippen LogP contribution in [0.3, 0.4) is 0 Å². The van der Waals surface area contributed by atoms with Crippen LogP contribution < -0.4 is 10.6 Å². The number of anilines is 2. The number of aromatic nitrogens is 2. The van der Waals surface area contributed by atoms with E-state index in [9.17, 15) is 31.9 Å². The lowest BCUT2D eigenvalue weighted by atomic mass is 10.0. The number of pyridine rings is 2. The Bertz CT molecular complexity index is 961. The molecule has 2 aromatic heterocycles. The van der Waals surface area contributed by atoms with Crippen molar-refractivity contribution in [2.24, 2.45) is 0 Å². The van der Waals surface area contributed by atoms with E-state index >= 15 is 0 Å². The van der Waals surface area contributed by atoms with E-state index in [1.165, 1.54) is 25.3 Å². The first-order chi connectivity index (χ1) is 14.0. The zero-order valence-electron chi connectivity index (χ0n) is 16.0. The van der Waals surface area contributed by atoms with Gasteiger partial charge in [-0.3, -0.25) is 19.4 Å². The highest BCUT2D eigenvalue weighted by atomic mass is 19.4. The summed E-state index contributed by atoms with van der Waals surface area (Å²) in [7, 11) is 0. The minimum atomic E-state index is -5.19. The van der Waals surface area contributed by atoms with Crippen LogP contribution in [0.2, 0.25) is 0 Å². The van der Waals surface area contributed by atoms with Gasteiger partial charge in [0.05, 0.1) is 17.8 Å². The Balaban J connectivity index is 2.25. The fraction of sp³-hybridized carbons (Fsp3) is 0.316. The number of amides is 2. The van der Waals surface area contributed by atoms with E-state index in [1.54, 1.807) is 5.32 Å². The molecule has 30 heavy (non-hydrogen) atoms. The molecule has 2 amide bonds.